The monoisotopic (exact) mass is 650 g/mol. The minimum atomic E-state index is -4.17. The van der Waals surface area contributed by atoms with Crippen LogP contribution in [0.4, 0.5) is 10.6 Å². The number of ether oxygens (including phenoxy) is 3. The van der Waals surface area contributed by atoms with Gasteiger partial charge in [-0.2, -0.15) is 8.42 Å². The number of fused-ring (bicyclic) bond motifs is 3. The molecule has 18 heteroatoms. The smallest absolute Gasteiger partial charge is 0.413 e. The number of aromatic nitrogens is 5. The molecule has 7 rings (SSSR count). The molecule has 1 saturated heterocycles. The lowest BCUT2D eigenvalue weighted by Gasteiger charge is -2.33. The zero-order chi connectivity index (χ0) is 31.1. The first-order valence-corrected chi connectivity index (χ1v) is 15.7. The number of nitrogens with one attached hydrogen (secondary N) is 1. The number of carbonyl (C=O) groups excluding carboxylic acids is 3. The predicted molar refractivity (Wildman–Crippen MR) is 157 cm³/mol. The Morgan fingerprint density at radius 1 is 1.04 bits per heavy atom. The highest BCUT2D eigenvalue weighted by Gasteiger charge is 2.37. The summed E-state index contributed by atoms with van der Waals surface area (Å²) in [4.78, 5) is 56.5. The van der Waals surface area contributed by atoms with Crippen LogP contribution in [0, 0.1) is 0 Å². The van der Waals surface area contributed by atoms with Crippen LogP contribution in [-0.2, 0) is 37.5 Å². The van der Waals surface area contributed by atoms with Crippen molar-refractivity contribution in [2.24, 2.45) is 0 Å². The van der Waals surface area contributed by atoms with Gasteiger partial charge in [-0.25, -0.2) is 29.0 Å². The van der Waals surface area contributed by atoms with Crippen molar-refractivity contribution in [3.8, 4) is 11.5 Å². The average Bonchev–Trinajstić information content (AvgIpc) is 3.79. The van der Waals surface area contributed by atoms with Gasteiger partial charge in [-0.3, -0.25) is 14.9 Å². The Balaban J connectivity index is 0.980. The van der Waals surface area contributed by atoms with Gasteiger partial charge in [0.05, 0.1) is 23.1 Å². The lowest BCUT2D eigenvalue weighted by Crippen LogP contribution is -2.54. The van der Waals surface area contributed by atoms with Gasteiger partial charge in [0.2, 0.25) is 17.0 Å². The summed E-state index contributed by atoms with van der Waals surface area (Å²) in [6.45, 7) is -0.775. The summed E-state index contributed by atoms with van der Waals surface area (Å²) < 4.78 is 45.0. The van der Waals surface area contributed by atoms with Crippen LogP contribution in [0.25, 0.3) is 21.4 Å². The summed E-state index contributed by atoms with van der Waals surface area (Å²) in [6.07, 6.45) is 1.78. The fourth-order valence-electron chi connectivity index (χ4n) is 4.83. The molecule has 5 aromatic rings. The molecule has 1 N–H and O–H groups in total. The number of hydrogen-bond acceptors (Lipinski definition) is 13. The summed E-state index contributed by atoms with van der Waals surface area (Å²) in [6, 6.07) is 12.2. The molecular weight excluding hydrogens is 628 g/mol. The molecule has 3 amide bonds. The van der Waals surface area contributed by atoms with E-state index >= 15 is 0 Å². The van der Waals surface area contributed by atoms with Gasteiger partial charge in [-0.05, 0) is 29.8 Å². The summed E-state index contributed by atoms with van der Waals surface area (Å²) in [5.74, 6) is 0.0666. The Hall–Kier alpha value is -5.36. The second kappa shape index (κ2) is 11.3. The van der Waals surface area contributed by atoms with Gasteiger partial charge >= 0.3 is 6.09 Å². The van der Waals surface area contributed by atoms with Crippen LogP contribution in [-0.4, -0.2) is 86.5 Å². The number of imidazole rings is 1. The third kappa shape index (κ3) is 5.44. The van der Waals surface area contributed by atoms with E-state index in [4.69, 9.17) is 14.2 Å². The molecule has 0 saturated carbocycles. The molecule has 0 bridgehead atoms. The fourth-order valence-corrected chi connectivity index (χ4v) is 7.53. The van der Waals surface area contributed by atoms with Crippen LogP contribution in [0.3, 0.4) is 0 Å². The highest BCUT2D eigenvalue weighted by molar-refractivity contribution is 7.91. The minimum Gasteiger partial charge on any atom is -0.454 e. The number of carbonyl (C=O) groups is 3. The summed E-state index contributed by atoms with van der Waals surface area (Å²) in [7, 11) is -4.17. The Labute approximate surface area is 258 Å². The minimum absolute atomic E-state index is 0.00166. The first kappa shape index (κ1) is 28.4. The summed E-state index contributed by atoms with van der Waals surface area (Å²) in [5, 5.41) is 2.53. The zero-order valence-corrected chi connectivity index (χ0v) is 24.8. The first-order chi connectivity index (χ1) is 21.8. The van der Waals surface area contributed by atoms with Crippen molar-refractivity contribution in [3.63, 3.8) is 0 Å². The van der Waals surface area contributed by atoms with Crippen molar-refractivity contribution in [3.05, 3.63) is 60.7 Å². The molecule has 0 atom stereocenters. The molecule has 230 valence electrons. The van der Waals surface area contributed by atoms with Crippen LogP contribution in [0.2, 0.25) is 0 Å². The molecule has 45 heavy (non-hydrogen) atoms. The van der Waals surface area contributed by atoms with Crippen LogP contribution >= 0.6 is 11.3 Å². The Morgan fingerprint density at radius 3 is 2.73 bits per heavy atom. The second-order valence-electron chi connectivity index (χ2n) is 9.89. The zero-order valence-electron chi connectivity index (χ0n) is 23.2. The number of amides is 3. The quantitative estimate of drug-likeness (QED) is 0.270. The molecule has 0 radical (unpaired) electrons. The molecule has 0 spiro atoms. The van der Waals surface area contributed by atoms with Crippen molar-refractivity contribution < 1.29 is 37.0 Å². The van der Waals surface area contributed by atoms with Gasteiger partial charge < -0.3 is 23.7 Å². The maximum Gasteiger partial charge on any atom is 0.413 e. The third-order valence-corrected chi connectivity index (χ3v) is 10.3. The van der Waals surface area contributed by atoms with Crippen molar-refractivity contribution in [2.45, 2.75) is 17.5 Å². The predicted octanol–water partition coefficient (Wildman–Crippen LogP) is 1.97. The van der Waals surface area contributed by atoms with Gasteiger partial charge in [-0.1, -0.05) is 18.2 Å². The largest absolute Gasteiger partial charge is 0.454 e. The molecule has 1 fully saturated rings. The number of hydrogen-bond donors (Lipinski definition) is 1. The number of rotatable bonds is 7. The average molecular weight is 651 g/mol. The third-order valence-electron chi connectivity index (χ3n) is 7.05. The van der Waals surface area contributed by atoms with Crippen molar-refractivity contribution in [1.82, 2.24) is 33.7 Å². The van der Waals surface area contributed by atoms with E-state index in [9.17, 15) is 22.8 Å². The lowest BCUT2D eigenvalue weighted by atomic mass is 10.2. The van der Waals surface area contributed by atoms with E-state index in [1.54, 1.807) is 42.5 Å². The van der Waals surface area contributed by atoms with Gasteiger partial charge in [-0.15, -0.1) is 11.3 Å². The van der Waals surface area contributed by atoms with Crippen molar-refractivity contribution in [2.75, 3.05) is 31.7 Å². The molecule has 2 aliphatic heterocycles. The molecule has 16 nitrogen and oxygen atoms in total. The topological polar surface area (TPSA) is 188 Å². The van der Waals surface area contributed by atoms with E-state index in [1.165, 1.54) is 22.1 Å². The van der Waals surface area contributed by atoms with Gasteiger partial charge in [0, 0.05) is 6.54 Å². The van der Waals surface area contributed by atoms with E-state index in [1.807, 2.05) is 0 Å². The van der Waals surface area contributed by atoms with E-state index in [-0.39, 0.29) is 54.4 Å². The van der Waals surface area contributed by atoms with E-state index in [0.717, 1.165) is 15.6 Å². The number of sulfonamides is 1. The van der Waals surface area contributed by atoms with Crippen LogP contribution < -0.4 is 14.8 Å². The number of thiazole rings is 1. The molecule has 0 unspecified atom stereocenters. The highest BCUT2D eigenvalue weighted by atomic mass is 32.2. The molecule has 2 aromatic carbocycles. The first-order valence-electron chi connectivity index (χ1n) is 13.4. The Bertz CT molecular complexity index is 2060. The van der Waals surface area contributed by atoms with Gasteiger partial charge in [0.15, 0.2) is 28.5 Å². The summed E-state index contributed by atoms with van der Waals surface area (Å²) in [5.41, 5.74) is 1.69. The number of piperazine rings is 1. The SMILES string of the molecule is O=C(Nc1ncnc2c1ncn2CC(=O)N1CCN(S(=O)(=O)c2nc3ccccc3s2)C(=O)C1)OCc1ccc2c(c1)OCO2. The standard InChI is InChI=1S/C27H22N8O8S2/c36-21(33-7-8-35(22(37)11-33)45(39,40)27-31-17-3-1-2-4-20(17)44-27)10-34-14-30-23-24(28-13-29-25(23)34)32-26(38)41-12-16-5-6-18-19(9-16)43-15-42-18/h1-6,9,13-14H,7-8,10-12,15H2,(H,28,29,32,38). The fraction of sp³-hybridized carbons (Fsp3) is 0.222. The lowest BCUT2D eigenvalue weighted by molar-refractivity contribution is -0.142. The van der Waals surface area contributed by atoms with Crippen LogP contribution in [0.1, 0.15) is 5.56 Å². The van der Waals surface area contributed by atoms with E-state index in [2.05, 4.69) is 25.3 Å². The molecular formula is C27H22N8O8S2. The van der Waals surface area contributed by atoms with Crippen LogP contribution in [0.15, 0.2) is 59.5 Å². The maximum atomic E-state index is 13.2. The number of benzene rings is 2. The second-order valence-corrected chi connectivity index (χ2v) is 13.0. The van der Waals surface area contributed by atoms with Gasteiger partial charge in [0.1, 0.15) is 26.0 Å². The molecule has 2 aliphatic rings. The molecule has 3 aromatic heterocycles. The van der Waals surface area contributed by atoms with E-state index < -0.39 is 34.5 Å². The van der Waals surface area contributed by atoms with Crippen LogP contribution in [0.5, 0.6) is 11.5 Å². The van der Waals surface area contributed by atoms with Crippen molar-refractivity contribution in [1.29, 1.82) is 0 Å². The summed E-state index contributed by atoms with van der Waals surface area (Å²) >= 11 is 0.982. The van der Waals surface area contributed by atoms with Gasteiger partial charge in [0.25, 0.3) is 15.9 Å². The number of nitrogens with zero attached hydrogens (tertiary/aromatic N) is 7. The maximum absolute atomic E-state index is 13.2. The highest BCUT2D eigenvalue weighted by Crippen LogP contribution is 2.33. The molecule has 0 aliphatic carbocycles. The Morgan fingerprint density at radius 2 is 1.89 bits per heavy atom. The van der Waals surface area contributed by atoms with Crippen molar-refractivity contribution >= 4 is 66.5 Å². The molecule has 5 heterocycles. The Kier molecular flexibility index (Phi) is 7.13. The number of para-hydroxylation sites is 1. The normalized spacial score (nSPS) is 14.7. The van der Waals surface area contributed by atoms with E-state index in [0.29, 0.717) is 27.3 Å². The number of anilines is 1.